The number of carbonyl (C=O) groups excluding carboxylic acids is 1. The summed E-state index contributed by atoms with van der Waals surface area (Å²) in [4.78, 5) is 15.7. The molecule has 0 saturated carbocycles. The number of carbonyl (C=O) groups is 1. The molecular weight excluding hydrogens is 395 g/mol. The van der Waals surface area contributed by atoms with Crippen molar-refractivity contribution in [2.24, 2.45) is 5.73 Å². The van der Waals surface area contributed by atoms with Crippen molar-refractivity contribution in [1.29, 1.82) is 0 Å². The molecule has 6 heteroatoms. The quantitative estimate of drug-likeness (QED) is 0.821. The minimum atomic E-state index is -0.623. The number of hydrogen-bond donors (Lipinski definition) is 1. The Morgan fingerprint density at radius 3 is 2.36 bits per heavy atom. The third kappa shape index (κ3) is 3.79. The zero-order chi connectivity index (χ0) is 18.9. The van der Waals surface area contributed by atoms with Gasteiger partial charge >= 0.3 is 0 Å². The second-order valence-corrected chi connectivity index (χ2v) is 7.97. The molecule has 2 N–H and O–H groups in total. The van der Waals surface area contributed by atoms with Gasteiger partial charge < -0.3 is 15.4 Å². The zero-order valence-electron chi connectivity index (χ0n) is 15.7. The molecule has 28 heavy (non-hydrogen) atoms. The lowest BCUT2D eigenvalue weighted by molar-refractivity contribution is -0.140. The normalized spacial score (nSPS) is 23.9. The fraction of sp³-hybridized carbons (Fsp3) is 0.409. The first-order valence-electron chi connectivity index (χ1n) is 9.54. The number of nitrogens with zero attached hydrogens (tertiary/aromatic N) is 1. The number of halogens is 2. The van der Waals surface area contributed by atoms with Gasteiger partial charge in [0, 0.05) is 43.3 Å². The molecule has 2 saturated heterocycles. The minimum Gasteiger partial charge on any atom is -0.381 e. The molecule has 2 aromatic rings. The summed E-state index contributed by atoms with van der Waals surface area (Å²) in [6.45, 7) is 2.36. The number of ether oxygens (including phenoxy) is 1. The summed E-state index contributed by atoms with van der Waals surface area (Å²) in [7, 11) is 0. The second-order valence-electron chi connectivity index (χ2n) is 7.57. The van der Waals surface area contributed by atoms with Crippen LogP contribution in [0.4, 0.5) is 0 Å². The summed E-state index contributed by atoms with van der Waals surface area (Å²) in [5.74, 6) is 0.297. The van der Waals surface area contributed by atoms with Crippen LogP contribution in [0.3, 0.4) is 0 Å². The molecule has 2 fully saturated rings. The number of hydrogen-bond acceptors (Lipinski definition) is 3. The van der Waals surface area contributed by atoms with Gasteiger partial charge in [-0.2, -0.15) is 0 Å². The van der Waals surface area contributed by atoms with E-state index in [2.05, 4.69) is 12.1 Å². The van der Waals surface area contributed by atoms with Gasteiger partial charge in [-0.05, 0) is 30.0 Å². The molecule has 150 valence electrons. The number of benzene rings is 2. The van der Waals surface area contributed by atoms with Crippen molar-refractivity contribution in [3.05, 3.63) is 70.7 Å². The Labute approximate surface area is 177 Å². The summed E-state index contributed by atoms with van der Waals surface area (Å²) in [6.07, 6.45) is 1.30. The Hall–Kier alpha value is -1.59. The molecule has 0 aromatic heterocycles. The number of likely N-dealkylation sites (tertiary alicyclic amines) is 1. The molecule has 0 unspecified atom stereocenters. The van der Waals surface area contributed by atoms with Crippen molar-refractivity contribution in [1.82, 2.24) is 4.90 Å². The summed E-state index contributed by atoms with van der Waals surface area (Å²) in [6, 6.07) is 17.9. The molecule has 4 rings (SSSR count). The van der Waals surface area contributed by atoms with E-state index in [1.165, 1.54) is 5.56 Å². The molecule has 4 nitrogen and oxygen atoms in total. The first-order valence-corrected chi connectivity index (χ1v) is 9.92. The minimum absolute atomic E-state index is 0. The van der Waals surface area contributed by atoms with Crippen molar-refractivity contribution in [2.75, 3.05) is 26.3 Å². The molecule has 0 spiro atoms. The molecule has 0 bridgehead atoms. The SMILES string of the molecule is Cl.N[C@@H]1CN(C(=O)C2(c3ccccc3Cl)CCOCC2)C[C@H]1c1ccccc1. The zero-order valence-corrected chi connectivity index (χ0v) is 17.3. The van der Waals surface area contributed by atoms with Gasteiger partial charge in [-0.3, -0.25) is 4.79 Å². The average molecular weight is 421 g/mol. The van der Waals surface area contributed by atoms with Gasteiger partial charge in [-0.25, -0.2) is 0 Å². The molecule has 0 radical (unpaired) electrons. The van der Waals surface area contributed by atoms with E-state index in [0.29, 0.717) is 44.2 Å². The van der Waals surface area contributed by atoms with Crippen molar-refractivity contribution in [3.63, 3.8) is 0 Å². The fourth-order valence-electron chi connectivity index (χ4n) is 4.52. The largest absolute Gasteiger partial charge is 0.381 e. The average Bonchev–Trinajstić information content (AvgIpc) is 3.10. The lowest BCUT2D eigenvalue weighted by atomic mass is 9.73. The highest BCUT2D eigenvalue weighted by molar-refractivity contribution is 6.31. The highest BCUT2D eigenvalue weighted by Gasteiger charge is 2.47. The van der Waals surface area contributed by atoms with E-state index < -0.39 is 5.41 Å². The number of nitrogens with two attached hydrogens (primary N) is 1. The predicted molar refractivity (Wildman–Crippen MR) is 114 cm³/mol. The Balaban J connectivity index is 0.00000225. The van der Waals surface area contributed by atoms with Crippen LogP contribution < -0.4 is 5.73 Å². The lowest BCUT2D eigenvalue weighted by Crippen LogP contribution is -2.49. The molecule has 2 aliphatic heterocycles. The Morgan fingerprint density at radius 1 is 1.04 bits per heavy atom. The standard InChI is InChI=1S/C22H25ClN2O2.ClH/c23-19-9-5-4-8-18(19)22(10-12-27-13-11-22)21(26)25-14-17(20(24)15-25)16-6-2-1-3-7-16;/h1-9,17,20H,10-15,24H2;1H/t17-,20+;/m0./s1. The van der Waals surface area contributed by atoms with Crippen LogP contribution in [0, 0.1) is 0 Å². The summed E-state index contributed by atoms with van der Waals surface area (Å²) in [5, 5.41) is 0.649. The van der Waals surface area contributed by atoms with Crippen molar-refractivity contribution >= 4 is 29.9 Å². The van der Waals surface area contributed by atoms with E-state index in [0.717, 1.165) is 5.56 Å². The number of rotatable bonds is 3. The molecule has 2 heterocycles. The van der Waals surface area contributed by atoms with Crippen LogP contribution in [0.1, 0.15) is 29.9 Å². The Bertz CT molecular complexity index is 809. The Kier molecular flexibility index (Phi) is 6.66. The van der Waals surface area contributed by atoms with E-state index in [9.17, 15) is 4.79 Å². The van der Waals surface area contributed by atoms with Crippen LogP contribution >= 0.6 is 24.0 Å². The maximum atomic E-state index is 13.8. The van der Waals surface area contributed by atoms with Crippen LogP contribution in [0.15, 0.2) is 54.6 Å². The molecule has 2 aliphatic rings. The van der Waals surface area contributed by atoms with Crippen LogP contribution in [0.25, 0.3) is 0 Å². The van der Waals surface area contributed by atoms with Crippen LogP contribution in [-0.2, 0) is 14.9 Å². The highest BCUT2D eigenvalue weighted by Crippen LogP contribution is 2.41. The third-order valence-corrected chi connectivity index (χ3v) is 6.35. The maximum Gasteiger partial charge on any atom is 0.233 e. The van der Waals surface area contributed by atoms with E-state index in [1.807, 2.05) is 47.4 Å². The van der Waals surface area contributed by atoms with Gasteiger partial charge in [0.05, 0.1) is 5.41 Å². The van der Waals surface area contributed by atoms with Crippen LogP contribution in [0.2, 0.25) is 5.02 Å². The van der Waals surface area contributed by atoms with E-state index in [1.54, 1.807) is 0 Å². The van der Waals surface area contributed by atoms with Gasteiger partial charge in [-0.1, -0.05) is 60.1 Å². The number of amides is 1. The predicted octanol–water partition coefficient (Wildman–Crippen LogP) is 3.76. The van der Waals surface area contributed by atoms with E-state index >= 15 is 0 Å². The molecular formula is C22H26Cl2N2O2. The summed E-state index contributed by atoms with van der Waals surface area (Å²) in [5.41, 5.74) is 7.92. The molecule has 2 aromatic carbocycles. The topological polar surface area (TPSA) is 55.6 Å². The van der Waals surface area contributed by atoms with E-state index in [4.69, 9.17) is 22.1 Å². The molecule has 0 aliphatic carbocycles. The van der Waals surface area contributed by atoms with Gasteiger partial charge in [0.1, 0.15) is 0 Å². The summed E-state index contributed by atoms with van der Waals surface area (Å²) < 4.78 is 5.57. The summed E-state index contributed by atoms with van der Waals surface area (Å²) >= 11 is 6.51. The highest BCUT2D eigenvalue weighted by atomic mass is 35.5. The lowest BCUT2D eigenvalue weighted by Gasteiger charge is -2.39. The van der Waals surface area contributed by atoms with Crippen LogP contribution in [-0.4, -0.2) is 43.2 Å². The van der Waals surface area contributed by atoms with Gasteiger partial charge in [0.2, 0.25) is 5.91 Å². The van der Waals surface area contributed by atoms with Gasteiger partial charge in [-0.15, -0.1) is 12.4 Å². The first kappa shape index (κ1) is 21.1. The second kappa shape index (κ2) is 8.83. The monoisotopic (exact) mass is 420 g/mol. The van der Waals surface area contributed by atoms with Crippen molar-refractivity contribution < 1.29 is 9.53 Å². The first-order chi connectivity index (χ1) is 13.1. The fourth-order valence-corrected chi connectivity index (χ4v) is 4.83. The smallest absolute Gasteiger partial charge is 0.233 e. The molecule has 1 amide bonds. The van der Waals surface area contributed by atoms with Crippen molar-refractivity contribution in [2.45, 2.75) is 30.2 Å². The van der Waals surface area contributed by atoms with Gasteiger partial charge in [0.25, 0.3) is 0 Å². The Morgan fingerprint density at radius 2 is 1.68 bits per heavy atom. The maximum absolute atomic E-state index is 13.8. The van der Waals surface area contributed by atoms with Crippen LogP contribution in [0.5, 0.6) is 0 Å². The van der Waals surface area contributed by atoms with E-state index in [-0.39, 0.29) is 30.3 Å². The third-order valence-electron chi connectivity index (χ3n) is 6.03. The molecule has 2 atom stereocenters. The van der Waals surface area contributed by atoms with Crippen molar-refractivity contribution in [3.8, 4) is 0 Å². The van der Waals surface area contributed by atoms with Gasteiger partial charge in [0.15, 0.2) is 0 Å².